The first-order valence-corrected chi connectivity index (χ1v) is 5.82. The minimum Gasteiger partial charge on any atom is -0.481 e. The monoisotopic (exact) mass is 226 g/mol. The number of carboxylic acid groups (broad SMARTS) is 1. The highest BCUT2D eigenvalue weighted by molar-refractivity contribution is 5.81. The topological polar surface area (TPSA) is 69.6 Å². The van der Waals surface area contributed by atoms with E-state index in [1.807, 2.05) is 0 Å². The van der Waals surface area contributed by atoms with Gasteiger partial charge in [-0.3, -0.25) is 9.59 Å². The van der Waals surface area contributed by atoms with Crippen LogP contribution in [0.4, 0.5) is 0 Å². The number of carbonyl (C=O) groups excluding carboxylic acids is 1. The van der Waals surface area contributed by atoms with Crippen molar-refractivity contribution in [1.82, 2.24) is 10.2 Å². The highest BCUT2D eigenvalue weighted by Crippen LogP contribution is 2.23. The van der Waals surface area contributed by atoms with Gasteiger partial charge < -0.3 is 15.3 Å². The first-order chi connectivity index (χ1) is 7.59. The molecule has 2 aliphatic rings. The number of nitrogens with zero attached hydrogens (tertiary/aromatic N) is 1. The zero-order valence-corrected chi connectivity index (χ0v) is 9.48. The van der Waals surface area contributed by atoms with E-state index in [0.717, 1.165) is 13.1 Å². The Balaban J connectivity index is 1.94. The maximum Gasteiger partial charge on any atom is 0.308 e. The van der Waals surface area contributed by atoms with Crippen molar-refractivity contribution in [2.24, 2.45) is 17.8 Å². The first-order valence-electron chi connectivity index (χ1n) is 5.82. The fourth-order valence-electron chi connectivity index (χ4n) is 2.54. The molecule has 16 heavy (non-hydrogen) atoms. The summed E-state index contributed by atoms with van der Waals surface area (Å²) < 4.78 is 0. The summed E-state index contributed by atoms with van der Waals surface area (Å²) in [6.45, 7) is 4.66. The van der Waals surface area contributed by atoms with E-state index in [0.29, 0.717) is 25.4 Å². The molecular weight excluding hydrogens is 208 g/mol. The fourth-order valence-corrected chi connectivity index (χ4v) is 2.54. The second-order valence-electron chi connectivity index (χ2n) is 4.85. The zero-order chi connectivity index (χ0) is 11.7. The first kappa shape index (κ1) is 11.4. The number of carbonyl (C=O) groups is 2. The van der Waals surface area contributed by atoms with Crippen molar-refractivity contribution in [3.05, 3.63) is 0 Å². The van der Waals surface area contributed by atoms with Crippen molar-refractivity contribution in [2.75, 3.05) is 26.2 Å². The molecule has 0 aliphatic carbocycles. The highest BCUT2D eigenvalue weighted by atomic mass is 16.4. The van der Waals surface area contributed by atoms with Crippen molar-refractivity contribution in [3.8, 4) is 0 Å². The lowest BCUT2D eigenvalue weighted by atomic mass is 9.97. The Labute approximate surface area is 94.8 Å². The molecule has 3 atom stereocenters. The van der Waals surface area contributed by atoms with Crippen molar-refractivity contribution in [3.63, 3.8) is 0 Å². The number of nitrogens with one attached hydrogen (secondary N) is 1. The van der Waals surface area contributed by atoms with Crippen LogP contribution in [0.2, 0.25) is 0 Å². The van der Waals surface area contributed by atoms with Gasteiger partial charge in [-0.2, -0.15) is 0 Å². The Morgan fingerprint density at radius 2 is 2.12 bits per heavy atom. The van der Waals surface area contributed by atoms with Crippen LogP contribution in [0.15, 0.2) is 0 Å². The van der Waals surface area contributed by atoms with Gasteiger partial charge in [-0.1, -0.05) is 6.92 Å². The molecule has 2 fully saturated rings. The van der Waals surface area contributed by atoms with Gasteiger partial charge in [0.2, 0.25) is 5.91 Å². The third kappa shape index (κ3) is 2.04. The van der Waals surface area contributed by atoms with Gasteiger partial charge in [0, 0.05) is 19.6 Å². The molecular formula is C11H18N2O3. The number of aliphatic carboxylic acids is 1. The van der Waals surface area contributed by atoms with Gasteiger partial charge in [0.05, 0.1) is 11.8 Å². The molecule has 0 radical (unpaired) electrons. The Morgan fingerprint density at radius 3 is 2.62 bits per heavy atom. The minimum absolute atomic E-state index is 0.0348. The second-order valence-corrected chi connectivity index (χ2v) is 4.85. The molecule has 1 amide bonds. The summed E-state index contributed by atoms with van der Waals surface area (Å²) in [5.41, 5.74) is 0. The fraction of sp³-hybridized carbons (Fsp3) is 0.818. The lowest BCUT2D eigenvalue weighted by molar-refractivity contribution is -0.141. The predicted molar refractivity (Wildman–Crippen MR) is 57.8 cm³/mol. The van der Waals surface area contributed by atoms with Gasteiger partial charge in [0.1, 0.15) is 0 Å². The molecule has 2 heterocycles. The number of hydrogen-bond acceptors (Lipinski definition) is 3. The summed E-state index contributed by atoms with van der Waals surface area (Å²) in [5, 5.41) is 12.1. The molecule has 2 saturated heterocycles. The number of rotatable bonds is 2. The van der Waals surface area contributed by atoms with Crippen LogP contribution in [0.5, 0.6) is 0 Å². The lowest BCUT2D eigenvalue weighted by Gasteiger charge is -2.22. The molecule has 0 aromatic carbocycles. The zero-order valence-electron chi connectivity index (χ0n) is 9.48. The van der Waals surface area contributed by atoms with Crippen LogP contribution in [-0.4, -0.2) is 48.1 Å². The highest BCUT2D eigenvalue weighted by Gasteiger charge is 2.37. The van der Waals surface area contributed by atoms with Crippen molar-refractivity contribution < 1.29 is 14.7 Å². The van der Waals surface area contributed by atoms with Gasteiger partial charge in [-0.25, -0.2) is 0 Å². The predicted octanol–water partition coefficient (Wildman–Crippen LogP) is -0.225. The molecule has 0 aromatic heterocycles. The van der Waals surface area contributed by atoms with Gasteiger partial charge in [-0.05, 0) is 18.9 Å². The van der Waals surface area contributed by atoms with Crippen LogP contribution in [0.3, 0.4) is 0 Å². The third-order valence-corrected chi connectivity index (χ3v) is 3.68. The number of amides is 1. The SMILES string of the molecule is C[C@@H]1CNC[C@H]1C(=O)N1CCC(C(=O)O)C1. The smallest absolute Gasteiger partial charge is 0.308 e. The lowest BCUT2D eigenvalue weighted by Crippen LogP contribution is -2.37. The molecule has 0 spiro atoms. The molecule has 2 N–H and O–H groups in total. The van der Waals surface area contributed by atoms with E-state index in [1.54, 1.807) is 4.90 Å². The average Bonchev–Trinajstić information content (AvgIpc) is 2.84. The molecule has 0 bridgehead atoms. The van der Waals surface area contributed by atoms with E-state index in [9.17, 15) is 9.59 Å². The minimum atomic E-state index is -0.784. The van der Waals surface area contributed by atoms with Crippen LogP contribution < -0.4 is 5.32 Å². The normalized spacial score (nSPS) is 34.3. The van der Waals surface area contributed by atoms with E-state index in [2.05, 4.69) is 12.2 Å². The van der Waals surface area contributed by atoms with Crippen molar-refractivity contribution in [1.29, 1.82) is 0 Å². The van der Waals surface area contributed by atoms with Crippen LogP contribution in [0.25, 0.3) is 0 Å². The molecule has 0 aromatic rings. The van der Waals surface area contributed by atoms with Gasteiger partial charge in [0.25, 0.3) is 0 Å². The van der Waals surface area contributed by atoms with E-state index in [1.165, 1.54) is 0 Å². The second kappa shape index (κ2) is 4.41. The Kier molecular flexibility index (Phi) is 3.14. The van der Waals surface area contributed by atoms with E-state index >= 15 is 0 Å². The Bertz CT molecular complexity index is 306. The van der Waals surface area contributed by atoms with E-state index in [4.69, 9.17) is 5.11 Å². The molecule has 5 heteroatoms. The van der Waals surface area contributed by atoms with Crippen LogP contribution in [0, 0.1) is 17.8 Å². The summed E-state index contributed by atoms with van der Waals surface area (Å²) in [7, 11) is 0. The average molecular weight is 226 g/mol. The Hall–Kier alpha value is -1.10. The number of likely N-dealkylation sites (tertiary alicyclic amines) is 1. The summed E-state index contributed by atoms with van der Waals surface area (Å²) in [6.07, 6.45) is 0.593. The van der Waals surface area contributed by atoms with Crippen molar-refractivity contribution >= 4 is 11.9 Å². The largest absolute Gasteiger partial charge is 0.481 e. The summed E-state index contributed by atoms with van der Waals surface area (Å²) >= 11 is 0. The maximum absolute atomic E-state index is 12.1. The van der Waals surface area contributed by atoms with E-state index in [-0.39, 0.29) is 17.7 Å². The molecule has 2 rings (SSSR count). The summed E-state index contributed by atoms with van der Waals surface area (Å²) in [4.78, 5) is 24.6. The Morgan fingerprint density at radius 1 is 1.38 bits per heavy atom. The van der Waals surface area contributed by atoms with Crippen LogP contribution in [0.1, 0.15) is 13.3 Å². The molecule has 1 unspecified atom stereocenters. The molecule has 90 valence electrons. The molecule has 0 saturated carbocycles. The van der Waals surface area contributed by atoms with E-state index < -0.39 is 5.97 Å². The van der Waals surface area contributed by atoms with Gasteiger partial charge in [-0.15, -0.1) is 0 Å². The molecule has 5 nitrogen and oxygen atoms in total. The van der Waals surface area contributed by atoms with Crippen LogP contribution in [-0.2, 0) is 9.59 Å². The van der Waals surface area contributed by atoms with Crippen LogP contribution >= 0.6 is 0 Å². The number of carboxylic acids is 1. The standard InChI is InChI=1S/C11H18N2O3/c1-7-4-12-5-9(7)10(14)13-3-2-8(6-13)11(15)16/h7-9,12H,2-6H2,1H3,(H,15,16)/t7-,8?,9-/m1/s1. The quantitative estimate of drug-likeness (QED) is 0.682. The molecule has 2 aliphatic heterocycles. The summed E-state index contributed by atoms with van der Waals surface area (Å²) in [5.74, 6) is -0.633. The summed E-state index contributed by atoms with van der Waals surface area (Å²) in [6, 6.07) is 0. The maximum atomic E-state index is 12.1. The number of hydrogen-bond donors (Lipinski definition) is 2. The van der Waals surface area contributed by atoms with Crippen molar-refractivity contribution in [2.45, 2.75) is 13.3 Å². The third-order valence-electron chi connectivity index (χ3n) is 3.68. The van der Waals surface area contributed by atoms with Gasteiger partial charge in [0.15, 0.2) is 0 Å². The van der Waals surface area contributed by atoms with Gasteiger partial charge >= 0.3 is 5.97 Å².